The summed E-state index contributed by atoms with van der Waals surface area (Å²) in [6.07, 6.45) is 1.82. The molecule has 0 aliphatic carbocycles. The van der Waals surface area contributed by atoms with Crippen molar-refractivity contribution in [2.24, 2.45) is 0 Å². The average Bonchev–Trinajstić information content (AvgIpc) is 2.75. The van der Waals surface area contributed by atoms with Gasteiger partial charge >= 0.3 is 0 Å². The first-order valence-electron chi connectivity index (χ1n) is 5.40. The van der Waals surface area contributed by atoms with Gasteiger partial charge in [-0.3, -0.25) is 0 Å². The van der Waals surface area contributed by atoms with Gasteiger partial charge in [0.05, 0.1) is 4.60 Å². The van der Waals surface area contributed by atoms with Crippen molar-refractivity contribution in [2.75, 3.05) is 0 Å². The largest absolute Gasteiger partial charge is 0.507 e. The number of aromatic nitrogens is 1. The molecular weight excluding hydrogens is 314 g/mol. The van der Waals surface area contributed by atoms with E-state index in [0.29, 0.717) is 5.02 Å². The third-order valence-electron chi connectivity index (χ3n) is 2.90. The minimum atomic E-state index is 0.255. The number of nitrogens with one attached hydrogen (secondary N) is 1. The highest BCUT2D eigenvalue weighted by Gasteiger charge is 2.10. The second-order valence-corrected chi connectivity index (χ2v) is 5.30. The number of phenolic OH excluding ortho intramolecular Hbond substituents is 1. The number of rotatable bonds is 1. The summed E-state index contributed by atoms with van der Waals surface area (Å²) in [4.78, 5) is 3.03. The molecule has 3 rings (SSSR count). The molecule has 0 unspecified atom stereocenters. The summed E-state index contributed by atoms with van der Waals surface area (Å²) in [5.41, 5.74) is 1.70. The number of fused-ring (bicyclic) bond motifs is 1. The summed E-state index contributed by atoms with van der Waals surface area (Å²) in [7, 11) is 0. The van der Waals surface area contributed by atoms with Crippen LogP contribution < -0.4 is 0 Å². The van der Waals surface area contributed by atoms with Crippen LogP contribution in [0.2, 0.25) is 5.02 Å². The van der Waals surface area contributed by atoms with Gasteiger partial charge in [-0.15, -0.1) is 0 Å². The van der Waals surface area contributed by atoms with Crippen LogP contribution in [-0.2, 0) is 0 Å². The first-order valence-corrected chi connectivity index (χ1v) is 6.58. The third-order valence-corrected chi connectivity index (χ3v) is 3.79. The van der Waals surface area contributed by atoms with Crippen molar-refractivity contribution in [2.45, 2.75) is 0 Å². The van der Waals surface area contributed by atoms with Gasteiger partial charge < -0.3 is 10.1 Å². The van der Waals surface area contributed by atoms with Crippen LogP contribution in [0.5, 0.6) is 5.75 Å². The molecule has 90 valence electrons. The number of aromatic amines is 1. The Hall–Kier alpha value is -1.45. The van der Waals surface area contributed by atoms with Gasteiger partial charge in [0.25, 0.3) is 0 Å². The highest BCUT2D eigenvalue weighted by Crippen LogP contribution is 2.37. The molecule has 0 aliphatic rings. The van der Waals surface area contributed by atoms with Crippen molar-refractivity contribution < 1.29 is 5.11 Å². The number of aromatic hydroxyl groups is 1. The number of H-pyrrole nitrogens is 1. The van der Waals surface area contributed by atoms with Gasteiger partial charge in [-0.1, -0.05) is 17.7 Å². The Morgan fingerprint density at radius 3 is 2.56 bits per heavy atom. The molecule has 2 N–H and O–H groups in total. The van der Waals surface area contributed by atoms with E-state index >= 15 is 0 Å². The van der Waals surface area contributed by atoms with E-state index in [1.165, 1.54) is 0 Å². The Labute approximate surface area is 117 Å². The smallest absolute Gasteiger partial charge is 0.124 e. The summed E-state index contributed by atoms with van der Waals surface area (Å²) >= 11 is 9.41. The number of phenols is 1. The van der Waals surface area contributed by atoms with E-state index in [-0.39, 0.29) is 5.75 Å². The molecule has 4 heteroatoms. The summed E-state index contributed by atoms with van der Waals surface area (Å²) in [6.45, 7) is 0. The Balaban J connectivity index is 2.30. The van der Waals surface area contributed by atoms with Crippen LogP contribution in [0.4, 0.5) is 0 Å². The molecule has 0 atom stereocenters. The zero-order valence-corrected chi connectivity index (χ0v) is 11.6. The molecular formula is C14H9BrClNO. The molecule has 18 heavy (non-hydrogen) atoms. The molecule has 0 radical (unpaired) electrons. The monoisotopic (exact) mass is 321 g/mol. The van der Waals surface area contributed by atoms with Crippen LogP contribution in [0, 0.1) is 0 Å². The Bertz CT molecular complexity index is 736. The molecule has 1 aromatic heterocycles. The topological polar surface area (TPSA) is 36.0 Å². The Morgan fingerprint density at radius 2 is 1.83 bits per heavy atom. The predicted octanol–water partition coefficient (Wildman–Crippen LogP) is 4.96. The molecule has 2 nitrogen and oxygen atoms in total. The fourth-order valence-electron chi connectivity index (χ4n) is 2.03. The van der Waals surface area contributed by atoms with Crippen LogP contribution >= 0.6 is 27.5 Å². The molecule has 2 aromatic carbocycles. The van der Waals surface area contributed by atoms with Gasteiger partial charge in [0.1, 0.15) is 5.75 Å². The van der Waals surface area contributed by atoms with Crippen LogP contribution in [0.1, 0.15) is 0 Å². The van der Waals surface area contributed by atoms with Crippen molar-refractivity contribution >= 4 is 38.3 Å². The highest BCUT2D eigenvalue weighted by atomic mass is 79.9. The number of hydrogen-bond donors (Lipinski definition) is 2. The number of benzene rings is 2. The van der Waals surface area contributed by atoms with Gasteiger partial charge in [0.2, 0.25) is 0 Å². The third kappa shape index (κ3) is 1.89. The van der Waals surface area contributed by atoms with Gasteiger partial charge in [-0.2, -0.15) is 0 Å². The first kappa shape index (κ1) is 11.6. The summed E-state index contributed by atoms with van der Waals surface area (Å²) < 4.78 is 0.846. The fraction of sp³-hybridized carbons (Fsp3) is 0. The summed E-state index contributed by atoms with van der Waals surface area (Å²) in [6, 6.07) is 11.2. The SMILES string of the molecule is Oc1cc2ccc(Cl)cc2cc1-c1cc[nH]c1Br. The Kier molecular flexibility index (Phi) is 2.80. The van der Waals surface area contributed by atoms with Crippen molar-refractivity contribution in [3.05, 3.63) is 52.2 Å². The van der Waals surface area contributed by atoms with Gasteiger partial charge in [0, 0.05) is 22.3 Å². The highest BCUT2D eigenvalue weighted by molar-refractivity contribution is 9.10. The molecule has 0 saturated heterocycles. The van der Waals surface area contributed by atoms with E-state index in [1.807, 2.05) is 36.5 Å². The van der Waals surface area contributed by atoms with E-state index in [4.69, 9.17) is 11.6 Å². The van der Waals surface area contributed by atoms with E-state index in [0.717, 1.165) is 26.5 Å². The Morgan fingerprint density at radius 1 is 1.00 bits per heavy atom. The lowest BCUT2D eigenvalue weighted by Crippen LogP contribution is -1.80. The average molecular weight is 323 g/mol. The molecule has 1 heterocycles. The maximum Gasteiger partial charge on any atom is 0.124 e. The van der Waals surface area contributed by atoms with Crippen molar-refractivity contribution in [1.82, 2.24) is 4.98 Å². The normalized spacial score (nSPS) is 11.0. The van der Waals surface area contributed by atoms with E-state index in [9.17, 15) is 5.11 Å². The van der Waals surface area contributed by atoms with Gasteiger partial charge in [0.15, 0.2) is 0 Å². The lowest BCUT2D eigenvalue weighted by atomic mass is 10.0. The van der Waals surface area contributed by atoms with Crippen molar-refractivity contribution in [1.29, 1.82) is 0 Å². The minimum Gasteiger partial charge on any atom is -0.507 e. The molecule has 0 spiro atoms. The van der Waals surface area contributed by atoms with Gasteiger partial charge in [-0.25, -0.2) is 0 Å². The zero-order valence-electron chi connectivity index (χ0n) is 9.24. The quantitative estimate of drug-likeness (QED) is 0.653. The molecule has 0 bridgehead atoms. The van der Waals surface area contributed by atoms with Crippen LogP contribution in [0.3, 0.4) is 0 Å². The van der Waals surface area contributed by atoms with Crippen LogP contribution in [-0.4, -0.2) is 10.1 Å². The van der Waals surface area contributed by atoms with Gasteiger partial charge in [-0.05, 0) is 57.0 Å². The zero-order chi connectivity index (χ0) is 12.7. The molecule has 3 aromatic rings. The minimum absolute atomic E-state index is 0.255. The van der Waals surface area contributed by atoms with E-state index in [1.54, 1.807) is 6.07 Å². The van der Waals surface area contributed by atoms with Crippen molar-refractivity contribution in [3.8, 4) is 16.9 Å². The van der Waals surface area contributed by atoms with E-state index < -0.39 is 0 Å². The lowest BCUT2D eigenvalue weighted by molar-refractivity contribution is 0.478. The van der Waals surface area contributed by atoms with Crippen molar-refractivity contribution in [3.63, 3.8) is 0 Å². The number of hydrogen-bond acceptors (Lipinski definition) is 1. The number of halogens is 2. The maximum absolute atomic E-state index is 10.1. The second kappa shape index (κ2) is 4.34. The molecule has 0 aliphatic heterocycles. The van der Waals surface area contributed by atoms with E-state index in [2.05, 4.69) is 20.9 Å². The fourth-order valence-corrected chi connectivity index (χ4v) is 2.69. The standard InChI is InChI=1S/C14H9BrClNO/c15-14-11(3-4-17-14)12-6-9-5-10(16)2-1-8(9)7-13(12)18/h1-7,17-18H. The van der Waals surface area contributed by atoms with Crippen LogP contribution in [0.15, 0.2) is 47.2 Å². The maximum atomic E-state index is 10.1. The second-order valence-electron chi connectivity index (χ2n) is 4.07. The summed E-state index contributed by atoms with van der Waals surface area (Å²) in [5.74, 6) is 0.255. The molecule has 0 amide bonds. The summed E-state index contributed by atoms with van der Waals surface area (Å²) in [5, 5.41) is 12.8. The molecule has 0 saturated carbocycles. The lowest BCUT2D eigenvalue weighted by Gasteiger charge is -2.07. The molecule has 0 fully saturated rings. The predicted molar refractivity (Wildman–Crippen MR) is 78.1 cm³/mol. The first-order chi connectivity index (χ1) is 8.65. The van der Waals surface area contributed by atoms with Crippen LogP contribution in [0.25, 0.3) is 21.9 Å².